The minimum absolute atomic E-state index is 0.0690. The summed E-state index contributed by atoms with van der Waals surface area (Å²) in [6.45, 7) is 11.4. The molecule has 0 unspecified atom stereocenters. The zero-order valence-corrected chi connectivity index (χ0v) is 11.1. The summed E-state index contributed by atoms with van der Waals surface area (Å²) in [5.41, 5.74) is 0. The Kier molecular flexibility index (Phi) is 7.26. The van der Waals surface area contributed by atoms with E-state index < -0.39 is 5.97 Å². The second-order valence-electron chi connectivity index (χ2n) is 4.55. The summed E-state index contributed by atoms with van der Waals surface area (Å²) in [5, 5.41) is 0. The van der Waals surface area contributed by atoms with Gasteiger partial charge in [0.25, 0.3) is 0 Å². The average molecular weight is 242 g/mol. The van der Waals surface area contributed by atoms with Gasteiger partial charge in [-0.25, -0.2) is 4.79 Å². The summed E-state index contributed by atoms with van der Waals surface area (Å²) in [6.07, 6.45) is 1.08. The van der Waals surface area contributed by atoms with Crippen molar-refractivity contribution in [2.75, 3.05) is 13.2 Å². The Balaban J connectivity index is 3.99. The van der Waals surface area contributed by atoms with Gasteiger partial charge in [0.05, 0.1) is 5.92 Å². The van der Waals surface area contributed by atoms with Gasteiger partial charge < -0.3 is 9.47 Å². The molecule has 0 aromatic carbocycles. The van der Waals surface area contributed by atoms with Crippen molar-refractivity contribution < 1.29 is 19.1 Å². The van der Waals surface area contributed by atoms with Crippen molar-refractivity contribution in [2.45, 2.75) is 27.7 Å². The Morgan fingerprint density at radius 3 is 1.94 bits per heavy atom. The Labute approximate surface area is 103 Å². The third-order valence-corrected chi connectivity index (χ3v) is 2.45. The van der Waals surface area contributed by atoms with E-state index >= 15 is 0 Å². The maximum absolute atomic E-state index is 11.8. The molecule has 98 valence electrons. The van der Waals surface area contributed by atoms with E-state index in [0.717, 1.165) is 6.08 Å². The molecule has 0 aliphatic carbocycles. The van der Waals surface area contributed by atoms with Gasteiger partial charge in [0.15, 0.2) is 0 Å². The minimum Gasteiger partial charge on any atom is -0.462 e. The molecule has 0 aliphatic rings. The molecule has 0 radical (unpaired) electrons. The lowest BCUT2D eigenvalue weighted by molar-refractivity contribution is -0.156. The van der Waals surface area contributed by atoms with Crippen LogP contribution in [0.1, 0.15) is 27.7 Å². The van der Waals surface area contributed by atoms with E-state index in [4.69, 9.17) is 9.47 Å². The highest BCUT2D eigenvalue weighted by Gasteiger charge is 2.26. The van der Waals surface area contributed by atoms with Gasteiger partial charge >= 0.3 is 11.9 Å². The molecule has 0 saturated heterocycles. The minimum atomic E-state index is -0.509. The summed E-state index contributed by atoms with van der Waals surface area (Å²) in [5.74, 6) is -0.392. The Morgan fingerprint density at radius 2 is 1.53 bits per heavy atom. The SMILES string of the molecule is C=CC(=O)OCCOC(=O)C(C(C)C)C(C)C. The molecule has 4 nitrogen and oxygen atoms in total. The van der Waals surface area contributed by atoms with Gasteiger partial charge in [0.1, 0.15) is 13.2 Å². The molecule has 0 spiro atoms. The fraction of sp³-hybridized carbons (Fsp3) is 0.692. The molecule has 0 fully saturated rings. The molecule has 0 rings (SSSR count). The number of carbonyl (C=O) groups excluding carboxylic acids is 2. The first-order chi connectivity index (χ1) is 7.90. The third-order valence-electron chi connectivity index (χ3n) is 2.45. The van der Waals surface area contributed by atoms with Crippen LogP contribution in [0.25, 0.3) is 0 Å². The quantitative estimate of drug-likeness (QED) is 0.390. The van der Waals surface area contributed by atoms with Crippen molar-refractivity contribution >= 4 is 11.9 Å². The van der Waals surface area contributed by atoms with Crippen molar-refractivity contribution in [3.8, 4) is 0 Å². The number of carbonyl (C=O) groups is 2. The van der Waals surface area contributed by atoms with Crippen LogP contribution in [-0.4, -0.2) is 25.2 Å². The predicted molar refractivity (Wildman–Crippen MR) is 65.3 cm³/mol. The molecule has 0 heterocycles. The van der Waals surface area contributed by atoms with Gasteiger partial charge in [-0.3, -0.25) is 4.79 Å². The van der Waals surface area contributed by atoms with E-state index in [0.29, 0.717) is 0 Å². The Morgan fingerprint density at radius 1 is 1.06 bits per heavy atom. The van der Waals surface area contributed by atoms with Gasteiger partial charge in [0, 0.05) is 6.08 Å². The smallest absolute Gasteiger partial charge is 0.330 e. The van der Waals surface area contributed by atoms with E-state index in [1.54, 1.807) is 0 Å². The largest absolute Gasteiger partial charge is 0.462 e. The van der Waals surface area contributed by atoms with Gasteiger partial charge in [-0.1, -0.05) is 34.3 Å². The van der Waals surface area contributed by atoms with Gasteiger partial charge in [-0.05, 0) is 11.8 Å². The van der Waals surface area contributed by atoms with E-state index in [1.165, 1.54) is 0 Å². The number of hydrogen-bond acceptors (Lipinski definition) is 4. The lowest BCUT2D eigenvalue weighted by Gasteiger charge is -2.22. The summed E-state index contributed by atoms with van der Waals surface area (Å²) >= 11 is 0. The van der Waals surface area contributed by atoms with Crippen LogP contribution in [0, 0.1) is 17.8 Å². The molecular formula is C13H22O4. The van der Waals surface area contributed by atoms with Crippen LogP contribution in [0.4, 0.5) is 0 Å². The molecular weight excluding hydrogens is 220 g/mol. The summed E-state index contributed by atoms with van der Waals surface area (Å²) in [4.78, 5) is 22.5. The first-order valence-corrected chi connectivity index (χ1v) is 5.86. The predicted octanol–water partition coefficient (Wildman–Crippen LogP) is 2.19. The van der Waals surface area contributed by atoms with Gasteiger partial charge in [-0.2, -0.15) is 0 Å². The van der Waals surface area contributed by atoms with Crippen LogP contribution in [0.3, 0.4) is 0 Å². The molecule has 0 bridgehead atoms. The molecule has 0 saturated carbocycles. The first kappa shape index (κ1) is 15.7. The molecule has 0 aromatic heterocycles. The zero-order valence-electron chi connectivity index (χ0n) is 11.1. The molecule has 0 aliphatic heterocycles. The van der Waals surface area contributed by atoms with Crippen LogP contribution in [0.15, 0.2) is 12.7 Å². The highest BCUT2D eigenvalue weighted by atomic mass is 16.6. The normalized spacial score (nSPS) is 10.8. The fourth-order valence-corrected chi connectivity index (χ4v) is 1.75. The van der Waals surface area contributed by atoms with Crippen molar-refractivity contribution in [1.82, 2.24) is 0 Å². The lowest BCUT2D eigenvalue weighted by Crippen LogP contribution is -2.28. The van der Waals surface area contributed by atoms with E-state index in [1.807, 2.05) is 27.7 Å². The fourth-order valence-electron chi connectivity index (χ4n) is 1.75. The molecule has 0 N–H and O–H groups in total. The number of ether oxygens (including phenoxy) is 2. The molecule has 0 atom stereocenters. The second-order valence-corrected chi connectivity index (χ2v) is 4.55. The summed E-state index contributed by atoms with van der Waals surface area (Å²) in [7, 11) is 0. The van der Waals surface area contributed by atoms with Crippen LogP contribution in [0.2, 0.25) is 0 Å². The molecule has 0 aromatic rings. The lowest BCUT2D eigenvalue weighted by atomic mass is 9.86. The number of hydrogen-bond donors (Lipinski definition) is 0. The van der Waals surface area contributed by atoms with Crippen molar-refractivity contribution in [2.24, 2.45) is 17.8 Å². The first-order valence-electron chi connectivity index (χ1n) is 5.86. The average Bonchev–Trinajstić information content (AvgIpc) is 2.22. The van der Waals surface area contributed by atoms with E-state index in [2.05, 4.69) is 6.58 Å². The highest BCUT2D eigenvalue weighted by Crippen LogP contribution is 2.21. The maximum Gasteiger partial charge on any atom is 0.330 e. The zero-order chi connectivity index (χ0) is 13.4. The van der Waals surface area contributed by atoms with E-state index in [-0.39, 0.29) is 36.9 Å². The third kappa shape index (κ3) is 6.09. The van der Waals surface area contributed by atoms with Crippen molar-refractivity contribution in [1.29, 1.82) is 0 Å². The second kappa shape index (κ2) is 7.87. The van der Waals surface area contributed by atoms with Gasteiger partial charge in [-0.15, -0.1) is 0 Å². The summed E-state index contributed by atoms with van der Waals surface area (Å²) in [6, 6.07) is 0. The van der Waals surface area contributed by atoms with Gasteiger partial charge in [0.2, 0.25) is 0 Å². The van der Waals surface area contributed by atoms with Crippen LogP contribution in [0.5, 0.6) is 0 Å². The van der Waals surface area contributed by atoms with Crippen molar-refractivity contribution in [3.63, 3.8) is 0 Å². The molecule has 17 heavy (non-hydrogen) atoms. The van der Waals surface area contributed by atoms with Crippen LogP contribution < -0.4 is 0 Å². The highest BCUT2D eigenvalue weighted by molar-refractivity contribution is 5.81. The maximum atomic E-state index is 11.8. The van der Waals surface area contributed by atoms with E-state index in [9.17, 15) is 9.59 Å². The Hall–Kier alpha value is -1.32. The standard InChI is InChI=1S/C13H22O4/c1-6-11(14)16-7-8-17-13(15)12(9(2)3)10(4)5/h6,9-10,12H,1,7-8H2,2-5H3. The number of esters is 2. The van der Waals surface area contributed by atoms with Crippen LogP contribution in [-0.2, 0) is 19.1 Å². The van der Waals surface area contributed by atoms with Crippen LogP contribution >= 0.6 is 0 Å². The topological polar surface area (TPSA) is 52.6 Å². The molecule has 4 heteroatoms. The number of rotatable bonds is 7. The Bertz CT molecular complexity index is 261. The summed E-state index contributed by atoms with van der Waals surface area (Å²) < 4.78 is 9.78. The molecule has 0 amide bonds. The van der Waals surface area contributed by atoms with Crippen molar-refractivity contribution in [3.05, 3.63) is 12.7 Å². The monoisotopic (exact) mass is 242 g/mol.